The lowest BCUT2D eigenvalue weighted by Crippen LogP contribution is -2.42. The number of amides is 2. The lowest BCUT2D eigenvalue weighted by atomic mass is 10.0. The van der Waals surface area contributed by atoms with Gasteiger partial charge in [-0.1, -0.05) is 24.6 Å². The number of ether oxygens (including phenoxy) is 2. The maximum atomic E-state index is 12.6. The lowest BCUT2D eigenvalue weighted by Gasteiger charge is -2.20. The van der Waals surface area contributed by atoms with Crippen molar-refractivity contribution in [1.82, 2.24) is 15.1 Å². The SMILES string of the molecule is CCN(CC(=O)COc1ccc2c(-c3ccc(NC(=O)OC(C)(C)C)cc3Cl)cc(=O)oc2c1)CC(=O)NCCN(C)C. The number of rotatable bonds is 13. The van der Waals surface area contributed by atoms with Crippen molar-refractivity contribution in [3.05, 3.63) is 57.9 Å². The molecule has 1 heterocycles. The zero-order valence-corrected chi connectivity index (χ0v) is 26.2. The van der Waals surface area contributed by atoms with Crippen molar-refractivity contribution in [2.45, 2.75) is 33.3 Å². The highest BCUT2D eigenvalue weighted by Gasteiger charge is 2.18. The highest BCUT2D eigenvalue weighted by Crippen LogP contribution is 2.35. The Hall–Kier alpha value is -3.93. The smallest absolute Gasteiger partial charge is 0.412 e. The topological polar surface area (TPSA) is 130 Å². The Morgan fingerprint density at radius 1 is 1.00 bits per heavy atom. The number of anilines is 1. The van der Waals surface area contributed by atoms with Crippen LogP contribution >= 0.6 is 11.6 Å². The summed E-state index contributed by atoms with van der Waals surface area (Å²) in [7, 11) is 3.85. The maximum absolute atomic E-state index is 12.6. The third-order valence-corrected chi connectivity index (χ3v) is 6.43. The minimum atomic E-state index is -0.653. The van der Waals surface area contributed by atoms with Crippen LogP contribution in [0.25, 0.3) is 22.1 Å². The number of hydrogen-bond acceptors (Lipinski definition) is 9. The van der Waals surface area contributed by atoms with Gasteiger partial charge in [0.1, 0.15) is 23.5 Å². The van der Waals surface area contributed by atoms with Crippen molar-refractivity contribution >= 4 is 46.0 Å². The fraction of sp³-hybridized carbons (Fsp3) is 0.419. The molecule has 11 nitrogen and oxygen atoms in total. The Kier molecular flexibility index (Phi) is 11.7. The Morgan fingerprint density at radius 3 is 2.40 bits per heavy atom. The van der Waals surface area contributed by atoms with E-state index >= 15 is 0 Å². The number of Topliss-reactive ketones (excluding diaryl/α,β-unsaturated/α-hetero) is 1. The number of nitrogens with zero attached hydrogens (tertiary/aromatic N) is 2. The van der Waals surface area contributed by atoms with Crippen LogP contribution in [0.2, 0.25) is 5.02 Å². The monoisotopic (exact) mass is 614 g/mol. The zero-order chi connectivity index (χ0) is 31.7. The van der Waals surface area contributed by atoms with E-state index in [1.807, 2.05) is 25.9 Å². The van der Waals surface area contributed by atoms with Gasteiger partial charge in [-0.25, -0.2) is 9.59 Å². The van der Waals surface area contributed by atoms with Crippen LogP contribution in [0.15, 0.2) is 51.7 Å². The van der Waals surface area contributed by atoms with E-state index in [1.54, 1.807) is 56.0 Å². The summed E-state index contributed by atoms with van der Waals surface area (Å²) in [5, 5.41) is 6.38. The predicted molar refractivity (Wildman–Crippen MR) is 167 cm³/mol. The molecule has 232 valence electrons. The minimum Gasteiger partial charge on any atom is -0.486 e. The summed E-state index contributed by atoms with van der Waals surface area (Å²) >= 11 is 6.55. The molecule has 0 aliphatic heterocycles. The van der Waals surface area contributed by atoms with Gasteiger partial charge in [0.2, 0.25) is 5.91 Å². The molecule has 2 aromatic carbocycles. The van der Waals surface area contributed by atoms with Crippen molar-refractivity contribution < 1.29 is 28.3 Å². The molecule has 0 unspecified atom stereocenters. The molecule has 0 fully saturated rings. The summed E-state index contributed by atoms with van der Waals surface area (Å²) < 4.78 is 16.4. The van der Waals surface area contributed by atoms with Gasteiger partial charge in [-0.05, 0) is 65.7 Å². The fourth-order valence-corrected chi connectivity index (χ4v) is 4.39. The third-order valence-electron chi connectivity index (χ3n) is 6.12. The van der Waals surface area contributed by atoms with Crippen LogP contribution in [0.1, 0.15) is 27.7 Å². The second kappa shape index (κ2) is 15.0. The van der Waals surface area contributed by atoms with Gasteiger partial charge in [0.15, 0.2) is 5.78 Å². The number of nitrogens with one attached hydrogen (secondary N) is 2. The molecule has 2 N–H and O–H groups in total. The molecular formula is C31H39ClN4O7. The van der Waals surface area contributed by atoms with Crippen LogP contribution in [0.4, 0.5) is 10.5 Å². The summed E-state index contributed by atoms with van der Waals surface area (Å²) in [6.45, 7) is 8.90. The van der Waals surface area contributed by atoms with Crippen molar-refractivity contribution in [1.29, 1.82) is 0 Å². The second-order valence-electron chi connectivity index (χ2n) is 11.2. The molecule has 3 aromatic rings. The fourth-order valence-electron chi connectivity index (χ4n) is 4.10. The molecular weight excluding hydrogens is 576 g/mol. The van der Waals surface area contributed by atoms with Gasteiger partial charge in [-0.2, -0.15) is 0 Å². The molecule has 2 amide bonds. The van der Waals surface area contributed by atoms with E-state index in [2.05, 4.69) is 10.6 Å². The molecule has 0 aliphatic carbocycles. The quantitative estimate of drug-likeness (QED) is 0.269. The van der Waals surface area contributed by atoms with E-state index in [0.29, 0.717) is 46.1 Å². The van der Waals surface area contributed by atoms with Gasteiger partial charge in [-0.3, -0.25) is 19.8 Å². The normalized spacial score (nSPS) is 11.6. The zero-order valence-electron chi connectivity index (χ0n) is 25.4. The average Bonchev–Trinajstić information content (AvgIpc) is 2.89. The summed E-state index contributed by atoms with van der Waals surface area (Å²) in [5.41, 5.74) is 0.533. The molecule has 0 bridgehead atoms. The van der Waals surface area contributed by atoms with E-state index < -0.39 is 17.3 Å². The van der Waals surface area contributed by atoms with E-state index in [4.69, 9.17) is 25.5 Å². The summed E-state index contributed by atoms with van der Waals surface area (Å²) in [5.74, 6) is -0.00874. The van der Waals surface area contributed by atoms with Gasteiger partial charge < -0.3 is 24.1 Å². The first kappa shape index (κ1) is 33.6. The Balaban J connectivity index is 1.68. The van der Waals surface area contributed by atoms with Crippen LogP contribution in [-0.2, 0) is 14.3 Å². The van der Waals surface area contributed by atoms with Gasteiger partial charge in [0, 0.05) is 47.4 Å². The summed E-state index contributed by atoms with van der Waals surface area (Å²) in [6, 6.07) is 11.2. The van der Waals surface area contributed by atoms with Crippen molar-refractivity contribution in [3.63, 3.8) is 0 Å². The standard InChI is InChI=1S/C31H39ClN4O7/c1-7-36(18-28(38)33-12-13-35(5)6)17-21(37)19-41-22-9-11-24-25(16-29(39)42-27(24)15-22)23-10-8-20(14-26(23)32)34-30(40)43-31(2,3)4/h8-11,14-16H,7,12-13,17-19H2,1-6H3,(H,33,38)(H,34,40). The molecule has 1 aromatic heterocycles. The summed E-state index contributed by atoms with van der Waals surface area (Å²) in [6.07, 6.45) is -0.614. The Morgan fingerprint density at radius 2 is 1.74 bits per heavy atom. The number of carbonyl (C=O) groups excluding carboxylic acids is 3. The molecule has 0 saturated carbocycles. The first-order valence-electron chi connectivity index (χ1n) is 13.9. The van der Waals surface area contributed by atoms with E-state index in [9.17, 15) is 19.2 Å². The predicted octanol–water partition coefficient (Wildman–Crippen LogP) is 4.41. The molecule has 43 heavy (non-hydrogen) atoms. The molecule has 0 saturated heterocycles. The molecule has 0 aliphatic rings. The van der Waals surface area contributed by atoms with E-state index in [0.717, 1.165) is 6.54 Å². The number of ketones is 1. The van der Waals surface area contributed by atoms with Crippen LogP contribution in [0.3, 0.4) is 0 Å². The lowest BCUT2D eigenvalue weighted by molar-refractivity contribution is -0.125. The molecule has 0 radical (unpaired) electrons. The largest absolute Gasteiger partial charge is 0.486 e. The maximum Gasteiger partial charge on any atom is 0.412 e. The van der Waals surface area contributed by atoms with E-state index in [1.165, 1.54) is 12.1 Å². The van der Waals surface area contributed by atoms with E-state index in [-0.39, 0.29) is 37.0 Å². The van der Waals surface area contributed by atoms with Gasteiger partial charge in [0.25, 0.3) is 0 Å². The van der Waals surface area contributed by atoms with Gasteiger partial charge in [0.05, 0.1) is 18.1 Å². The summed E-state index contributed by atoms with van der Waals surface area (Å²) in [4.78, 5) is 53.0. The van der Waals surface area contributed by atoms with Crippen molar-refractivity contribution in [2.24, 2.45) is 0 Å². The number of hydrogen-bond donors (Lipinski definition) is 2. The molecule has 3 rings (SSSR count). The third kappa shape index (κ3) is 10.7. The number of fused-ring (bicyclic) bond motifs is 1. The van der Waals surface area contributed by atoms with Crippen LogP contribution in [0, 0.1) is 0 Å². The Bertz CT molecular complexity index is 1510. The van der Waals surface area contributed by atoms with Crippen molar-refractivity contribution in [2.75, 3.05) is 58.7 Å². The molecule has 0 spiro atoms. The van der Waals surface area contributed by atoms with Crippen LogP contribution < -0.4 is 21.0 Å². The average molecular weight is 615 g/mol. The van der Waals surface area contributed by atoms with Crippen LogP contribution in [-0.4, -0.2) is 86.6 Å². The second-order valence-corrected chi connectivity index (χ2v) is 11.6. The number of likely N-dealkylation sites (N-methyl/N-ethyl adjacent to an activating group) is 2. The number of halogens is 1. The first-order chi connectivity index (χ1) is 20.2. The first-order valence-corrected chi connectivity index (χ1v) is 14.3. The number of carbonyl (C=O) groups is 3. The van der Waals surface area contributed by atoms with Gasteiger partial charge >= 0.3 is 11.7 Å². The van der Waals surface area contributed by atoms with Gasteiger partial charge in [-0.15, -0.1) is 0 Å². The molecule has 0 atom stereocenters. The van der Waals surface area contributed by atoms with Crippen molar-refractivity contribution in [3.8, 4) is 16.9 Å². The Labute approximate surface area is 256 Å². The van der Waals surface area contributed by atoms with Crippen LogP contribution in [0.5, 0.6) is 5.75 Å². The highest BCUT2D eigenvalue weighted by molar-refractivity contribution is 6.34. The number of benzene rings is 2. The molecule has 12 heteroatoms. The highest BCUT2D eigenvalue weighted by atomic mass is 35.5. The minimum absolute atomic E-state index is 0.0572.